The molecule has 1 N–H and O–H groups in total. The van der Waals surface area contributed by atoms with Gasteiger partial charge in [-0.25, -0.2) is 10.2 Å². The maximum atomic E-state index is 11.1. The highest BCUT2D eigenvalue weighted by atomic mass is 35.5. The van der Waals surface area contributed by atoms with Crippen molar-refractivity contribution in [1.82, 2.24) is 5.43 Å². The van der Waals surface area contributed by atoms with Gasteiger partial charge in [0.05, 0.1) is 12.3 Å². The Bertz CT molecular complexity index is 444. The maximum Gasteiger partial charge on any atom is 0.427 e. The molecule has 1 amide bonds. The second kappa shape index (κ2) is 6.25. The van der Waals surface area contributed by atoms with Crippen LogP contribution in [0.3, 0.4) is 0 Å². The molecular formula is C12H15ClN2O2. The van der Waals surface area contributed by atoms with Crippen molar-refractivity contribution in [2.75, 3.05) is 6.61 Å². The van der Waals surface area contributed by atoms with Gasteiger partial charge in [0.15, 0.2) is 0 Å². The van der Waals surface area contributed by atoms with E-state index in [-0.39, 0.29) is 0 Å². The minimum atomic E-state index is -0.557. The van der Waals surface area contributed by atoms with Crippen LogP contribution in [0.5, 0.6) is 0 Å². The molecule has 1 rings (SSSR count). The molecule has 5 heteroatoms. The first-order valence-electron chi connectivity index (χ1n) is 5.28. The first kappa shape index (κ1) is 13.5. The van der Waals surface area contributed by atoms with E-state index in [1.54, 1.807) is 13.0 Å². The average Bonchev–Trinajstić information content (AvgIpc) is 2.26. The monoisotopic (exact) mass is 254 g/mol. The molecule has 92 valence electrons. The van der Waals surface area contributed by atoms with Crippen LogP contribution in [0.15, 0.2) is 23.3 Å². The summed E-state index contributed by atoms with van der Waals surface area (Å²) in [5.41, 5.74) is 4.96. The van der Waals surface area contributed by atoms with E-state index in [1.165, 1.54) is 0 Å². The summed E-state index contributed by atoms with van der Waals surface area (Å²) in [6.07, 6.45) is -0.557. The van der Waals surface area contributed by atoms with Gasteiger partial charge < -0.3 is 4.74 Å². The van der Waals surface area contributed by atoms with E-state index in [0.717, 1.165) is 11.1 Å². The van der Waals surface area contributed by atoms with E-state index in [1.807, 2.05) is 26.0 Å². The molecule has 0 heterocycles. The fraction of sp³-hybridized carbons (Fsp3) is 0.333. The van der Waals surface area contributed by atoms with Crippen molar-refractivity contribution in [3.8, 4) is 0 Å². The number of hydrogen-bond donors (Lipinski definition) is 1. The molecule has 1 aromatic rings. The number of halogens is 1. The number of nitrogens with one attached hydrogen (secondary N) is 1. The number of aryl methyl sites for hydroxylation is 1. The first-order chi connectivity index (χ1) is 8.04. The first-order valence-corrected chi connectivity index (χ1v) is 5.66. The van der Waals surface area contributed by atoms with Crippen LogP contribution in [0.1, 0.15) is 25.0 Å². The lowest BCUT2D eigenvalue weighted by Gasteiger charge is -2.06. The lowest BCUT2D eigenvalue weighted by atomic mass is 10.1. The van der Waals surface area contributed by atoms with Crippen LogP contribution in [-0.4, -0.2) is 18.4 Å². The van der Waals surface area contributed by atoms with E-state index < -0.39 is 6.09 Å². The minimum Gasteiger partial charge on any atom is -0.449 e. The van der Waals surface area contributed by atoms with Crippen molar-refractivity contribution in [3.05, 3.63) is 34.3 Å². The zero-order valence-electron chi connectivity index (χ0n) is 10.1. The van der Waals surface area contributed by atoms with Crippen LogP contribution in [0.2, 0.25) is 5.02 Å². The zero-order valence-corrected chi connectivity index (χ0v) is 10.8. The topological polar surface area (TPSA) is 50.7 Å². The van der Waals surface area contributed by atoms with Gasteiger partial charge in [-0.1, -0.05) is 17.7 Å². The van der Waals surface area contributed by atoms with Gasteiger partial charge in [-0.15, -0.1) is 0 Å². The molecule has 0 aliphatic heterocycles. The summed E-state index contributed by atoms with van der Waals surface area (Å²) in [5, 5.41) is 4.63. The molecule has 0 saturated heterocycles. The third kappa shape index (κ3) is 4.07. The van der Waals surface area contributed by atoms with E-state index >= 15 is 0 Å². The van der Waals surface area contributed by atoms with Crippen LogP contribution in [-0.2, 0) is 4.74 Å². The molecule has 0 radical (unpaired) electrons. The Kier molecular flexibility index (Phi) is 4.97. The van der Waals surface area contributed by atoms with Crippen molar-refractivity contribution < 1.29 is 9.53 Å². The van der Waals surface area contributed by atoms with Gasteiger partial charge in [-0.2, -0.15) is 5.10 Å². The molecule has 0 atom stereocenters. The summed E-state index contributed by atoms with van der Waals surface area (Å²) in [7, 11) is 0. The highest BCUT2D eigenvalue weighted by Crippen LogP contribution is 2.15. The third-order valence-corrected chi connectivity index (χ3v) is 2.40. The standard InChI is InChI=1S/C12H15ClN2O2/c1-4-17-12(16)15-14-9(3)11-6-5-10(13)7-8(11)2/h5-7H,4H2,1-3H3,(H,15,16)/b14-9+. The second-order valence-electron chi connectivity index (χ2n) is 3.49. The molecule has 0 spiro atoms. The molecule has 0 unspecified atom stereocenters. The van der Waals surface area contributed by atoms with E-state index in [0.29, 0.717) is 17.3 Å². The molecular weight excluding hydrogens is 240 g/mol. The Morgan fingerprint density at radius 3 is 2.82 bits per heavy atom. The summed E-state index contributed by atoms with van der Waals surface area (Å²) in [6.45, 7) is 5.80. The Hall–Kier alpha value is -1.55. The fourth-order valence-electron chi connectivity index (χ4n) is 1.39. The van der Waals surface area contributed by atoms with Gasteiger partial charge in [0.25, 0.3) is 0 Å². The van der Waals surface area contributed by atoms with Crippen LogP contribution in [0.25, 0.3) is 0 Å². The van der Waals surface area contributed by atoms with Crippen molar-refractivity contribution in [2.24, 2.45) is 5.10 Å². The normalized spacial score (nSPS) is 11.2. The second-order valence-corrected chi connectivity index (χ2v) is 3.93. The van der Waals surface area contributed by atoms with Gasteiger partial charge in [-0.3, -0.25) is 0 Å². The van der Waals surface area contributed by atoms with Gasteiger partial charge in [0, 0.05) is 10.6 Å². The quantitative estimate of drug-likeness (QED) is 0.666. The molecule has 0 fully saturated rings. The molecule has 1 aromatic carbocycles. The lowest BCUT2D eigenvalue weighted by molar-refractivity contribution is 0.152. The van der Waals surface area contributed by atoms with Crippen LogP contribution in [0.4, 0.5) is 4.79 Å². The Labute approximate surface area is 106 Å². The van der Waals surface area contributed by atoms with Crippen molar-refractivity contribution in [1.29, 1.82) is 0 Å². The number of carbonyl (C=O) groups excluding carboxylic acids is 1. The zero-order chi connectivity index (χ0) is 12.8. The van der Waals surface area contributed by atoms with Crippen LogP contribution >= 0.6 is 11.6 Å². The van der Waals surface area contributed by atoms with Crippen LogP contribution in [0, 0.1) is 6.92 Å². The molecule has 17 heavy (non-hydrogen) atoms. The molecule has 0 aliphatic rings. The number of benzene rings is 1. The maximum absolute atomic E-state index is 11.1. The highest BCUT2D eigenvalue weighted by molar-refractivity contribution is 6.30. The summed E-state index contributed by atoms with van der Waals surface area (Å²) >= 11 is 5.86. The van der Waals surface area contributed by atoms with Crippen molar-refractivity contribution in [3.63, 3.8) is 0 Å². The molecule has 0 bridgehead atoms. The molecule has 0 aromatic heterocycles. The molecule has 0 saturated carbocycles. The van der Waals surface area contributed by atoms with E-state index in [4.69, 9.17) is 16.3 Å². The third-order valence-electron chi connectivity index (χ3n) is 2.17. The van der Waals surface area contributed by atoms with Gasteiger partial charge in [0.1, 0.15) is 0 Å². The largest absolute Gasteiger partial charge is 0.449 e. The minimum absolute atomic E-state index is 0.320. The summed E-state index contributed by atoms with van der Waals surface area (Å²) < 4.78 is 4.70. The summed E-state index contributed by atoms with van der Waals surface area (Å²) in [6, 6.07) is 5.50. The summed E-state index contributed by atoms with van der Waals surface area (Å²) in [4.78, 5) is 11.1. The van der Waals surface area contributed by atoms with Gasteiger partial charge in [0.2, 0.25) is 0 Å². The SMILES string of the molecule is CCOC(=O)N/N=C(\C)c1ccc(Cl)cc1C. The van der Waals surface area contributed by atoms with Gasteiger partial charge in [-0.05, 0) is 38.5 Å². The Balaban J connectivity index is 2.78. The predicted octanol–water partition coefficient (Wildman–Crippen LogP) is 3.12. The highest BCUT2D eigenvalue weighted by Gasteiger charge is 2.04. The summed E-state index contributed by atoms with van der Waals surface area (Å²) in [5.74, 6) is 0. The predicted molar refractivity (Wildman–Crippen MR) is 68.6 cm³/mol. The number of amides is 1. The molecule has 4 nitrogen and oxygen atoms in total. The Morgan fingerprint density at radius 2 is 2.24 bits per heavy atom. The Morgan fingerprint density at radius 1 is 1.53 bits per heavy atom. The van der Waals surface area contributed by atoms with E-state index in [2.05, 4.69) is 10.5 Å². The smallest absolute Gasteiger partial charge is 0.427 e. The number of ether oxygens (including phenoxy) is 1. The van der Waals surface area contributed by atoms with E-state index in [9.17, 15) is 4.79 Å². The van der Waals surface area contributed by atoms with Crippen LogP contribution < -0.4 is 5.43 Å². The lowest BCUT2D eigenvalue weighted by Crippen LogP contribution is -2.20. The number of nitrogens with zero attached hydrogens (tertiary/aromatic N) is 1. The number of rotatable bonds is 3. The van der Waals surface area contributed by atoms with Crippen molar-refractivity contribution in [2.45, 2.75) is 20.8 Å². The number of hydrogen-bond acceptors (Lipinski definition) is 3. The number of hydrazone groups is 1. The molecule has 0 aliphatic carbocycles. The number of carbonyl (C=O) groups is 1. The fourth-order valence-corrected chi connectivity index (χ4v) is 1.61. The average molecular weight is 255 g/mol. The van der Waals surface area contributed by atoms with Gasteiger partial charge >= 0.3 is 6.09 Å². The van der Waals surface area contributed by atoms with Crippen molar-refractivity contribution >= 4 is 23.4 Å².